The average Bonchev–Trinajstić information content (AvgIpc) is 3.08. The third-order valence-electron chi connectivity index (χ3n) is 4.57. The van der Waals surface area contributed by atoms with E-state index in [0.717, 1.165) is 30.8 Å². The summed E-state index contributed by atoms with van der Waals surface area (Å²) >= 11 is 0. The number of aromatic nitrogens is 3. The third kappa shape index (κ3) is 3.67. The number of likely N-dealkylation sites (N-methyl/N-ethyl adjacent to an activating group) is 1. The van der Waals surface area contributed by atoms with Crippen LogP contribution in [0.1, 0.15) is 28.3 Å². The maximum absolute atomic E-state index is 12.3. The van der Waals surface area contributed by atoms with Crippen molar-refractivity contribution in [3.63, 3.8) is 0 Å². The number of H-pyrrole nitrogens is 1. The molecule has 0 unspecified atom stereocenters. The number of fused-ring (bicyclic) bond motifs is 1. The number of anilines is 1. The van der Waals surface area contributed by atoms with Crippen LogP contribution in [0.25, 0.3) is 0 Å². The van der Waals surface area contributed by atoms with Crippen LogP contribution in [0.4, 0.5) is 6.01 Å². The van der Waals surface area contributed by atoms with Gasteiger partial charge in [-0.1, -0.05) is 35.4 Å². The van der Waals surface area contributed by atoms with E-state index in [1.54, 1.807) is 0 Å². The Bertz CT molecular complexity index is 948. The van der Waals surface area contributed by atoms with Gasteiger partial charge in [-0.15, -0.1) is 5.10 Å². The highest BCUT2D eigenvalue weighted by atomic mass is 16.4. The van der Waals surface area contributed by atoms with Gasteiger partial charge in [0, 0.05) is 37.3 Å². The summed E-state index contributed by atoms with van der Waals surface area (Å²) in [5.41, 5.74) is 3.93. The lowest BCUT2D eigenvalue weighted by Crippen LogP contribution is -2.30. The van der Waals surface area contributed by atoms with E-state index in [9.17, 15) is 4.79 Å². The summed E-state index contributed by atoms with van der Waals surface area (Å²) in [6.45, 7) is 2.16. The van der Waals surface area contributed by atoms with E-state index in [2.05, 4.69) is 32.4 Å². The fourth-order valence-electron chi connectivity index (χ4n) is 3.17. The van der Waals surface area contributed by atoms with Gasteiger partial charge in [0.15, 0.2) is 0 Å². The van der Waals surface area contributed by atoms with Gasteiger partial charge < -0.3 is 19.6 Å². The molecule has 0 bridgehead atoms. The van der Waals surface area contributed by atoms with Gasteiger partial charge in [0.2, 0.25) is 5.89 Å². The van der Waals surface area contributed by atoms with E-state index in [4.69, 9.17) is 4.42 Å². The van der Waals surface area contributed by atoms with Crippen LogP contribution in [-0.4, -0.2) is 33.7 Å². The normalized spacial score (nSPS) is 14.2. The zero-order valence-electron chi connectivity index (χ0n) is 14.7. The van der Waals surface area contributed by atoms with Gasteiger partial charge in [-0.3, -0.25) is 4.79 Å². The zero-order valence-corrected chi connectivity index (χ0v) is 14.7. The highest BCUT2D eigenvalue weighted by Gasteiger charge is 2.16. The lowest BCUT2D eigenvalue weighted by molar-refractivity contribution is 0.309. The Labute approximate surface area is 151 Å². The van der Waals surface area contributed by atoms with Gasteiger partial charge >= 0.3 is 6.01 Å². The SMILES string of the molecule is CN1CCc2[nH]c(=O)c(CNc3nnc(Cc4ccccc4)o3)cc2C1. The predicted molar refractivity (Wildman–Crippen MR) is 98.0 cm³/mol. The Morgan fingerprint density at radius 3 is 2.96 bits per heavy atom. The van der Waals surface area contributed by atoms with E-state index in [1.165, 1.54) is 5.56 Å². The minimum atomic E-state index is -0.0650. The molecule has 134 valence electrons. The summed E-state index contributed by atoms with van der Waals surface area (Å²) in [5.74, 6) is 0.541. The number of hydrogen-bond acceptors (Lipinski definition) is 6. The molecule has 0 atom stereocenters. The summed E-state index contributed by atoms with van der Waals surface area (Å²) in [4.78, 5) is 17.5. The molecule has 2 aromatic heterocycles. The van der Waals surface area contributed by atoms with Gasteiger partial charge in [0.1, 0.15) is 0 Å². The van der Waals surface area contributed by atoms with E-state index in [-0.39, 0.29) is 5.56 Å². The van der Waals surface area contributed by atoms with Gasteiger partial charge in [-0.2, -0.15) is 0 Å². The van der Waals surface area contributed by atoms with Crippen LogP contribution in [0, 0.1) is 0 Å². The molecule has 7 heteroatoms. The number of hydrogen-bond donors (Lipinski definition) is 2. The third-order valence-corrected chi connectivity index (χ3v) is 4.57. The molecule has 3 aromatic rings. The second kappa shape index (κ2) is 7.13. The number of benzene rings is 1. The number of rotatable bonds is 5. The molecular weight excluding hydrogens is 330 g/mol. The maximum Gasteiger partial charge on any atom is 0.315 e. The molecule has 2 N–H and O–H groups in total. The summed E-state index contributed by atoms with van der Waals surface area (Å²) in [5, 5.41) is 11.1. The average molecular weight is 351 g/mol. The topological polar surface area (TPSA) is 87.0 Å². The lowest BCUT2D eigenvalue weighted by Gasteiger charge is -2.24. The minimum Gasteiger partial charge on any atom is -0.408 e. The van der Waals surface area contributed by atoms with Crippen LogP contribution in [-0.2, 0) is 25.9 Å². The van der Waals surface area contributed by atoms with Gasteiger partial charge in [-0.25, -0.2) is 0 Å². The van der Waals surface area contributed by atoms with Gasteiger partial charge in [0.05, 0.1) is 6.42 Å². The zero-order chi connectivity index (χ0) is 17.9. The first kappa shape index (κ1) is 16.5. The van der Waals surface area contributed by atoms with E-state index in [0.29, 0.717) is 30.4 Å². The quantitative estimate of drug-likeness (QED) is 0.731. The van der Waals surface area contributed by atoms with Crippen LogP contribution in [0.5, 0.6) is 0 Å². The Morgan fingerprint density at radius 1 is 1.27 bits per heavy atom. The first-order valence-electron chi connectivity index (χ1n) is 8.70. The fraction of sp³-hybridized carbons (Fsp3) is 0.316. The number of aromatic amines is 1. The largest absolute Gasteiger partial charge is 0.408 e. The molecule has 1 aromatic carbocycles. The molecule has 0 amide bonds. The molecule has 1 aliphatic rings. The van der Waals surface area contributed by atoms with Crippen molar-refractivity contribution in [1.82, 2.24) is 20.1 Å². The number of nitrogens with one attached hydrogen (secondary N) is 2. The molecule has 0 aliphatic carbocycles. The molecule has 4 rings (SSSR count). The fourth-order valence-corrected chi connectivity index (χ4v) is 3.17. The molecule has 0 radical (unpaired) electrons. The van der Waals surface area contributed by atoms with Crippen molar-refractivity contribution in [3.05, 3.63) is 75.0 Å². The van der Waals surface area contributed by atoms with Crippen LogP contribution >= 0.6 is 0 Å². The maximum atomic E-state index is 12.3. The van der Waals surface area contributed by atoms with Gasteiger partial charge in [-0.05, 0) is 24.2 Å². The monoisotopic (exact) mass is 351 g/mol. The van der Waals surface area contributed by atoms with Crippen molar-refractivity contribution in [2.75, 3.05) is 18.9 Å². The van der Waals surface area contributed by atoms with E-state index >= 15 is 0 Å². The van der Waals surface area contributed by atoms with Crippen LogP contribution < -0.4 is 10.9 Å². The Hall–Kier alpha value is -2.93. The molecule has 7 nitrogen and oxygen atoms in total. The van der Waals surface area contributed by atoms with Crippen molar-refractivity contribution in [1.29, 1.82) is 0 Å². The van der Waals surface area contributed by atoms with Gasteiger partial charge in [0.25, 0.3) is 5.56 Å². The molecule has 0 fully saturated rings. The van der Waals surface area contributed by atoms with Crippen LogP contribution in [0.3, 0.4) is 0 Å². The molecule has 3 heterocycles. The van der Waals surface area contributed by atoms with Crippen molar-refractivity contribution in [2.45, 2.75) is 25.9 Å². The first-order valence-corrected chi connectivity index (χ1v) is 8.70. The second-order valence-corrected chi connectivity index (χ2v) is 6.63. The smallest absolute Gasteiger partial charge is 0.315 e. The Kier molecular flexibility index (Phi) is 4.53. The number of pyridine rings is 1. The molecule has 1 aliphatic heterocycles. The molecule has 0 saturated heterocycles. The molecular formula is C19H21N5O2. The second-order valence-electron chi connectivity index (χ2n) is 6.63. The summed E-state index contributed by atoms with van der Waals surface area (Å²) in [6.07, 6.45) is 1.46. The highest BCUT2D eigenvalue weighted by Crippen LogP contribution is 2.16. The van der Waals surface area contributed by atoms with Crippen molar-refractivity contribution in [2.24, 2.45) is 0 Å². The standard InChI is InChI=1S/C19H21N5O2/c1-24-8-7-16-15(12-24)10-14(18(25)21-16)11-20-19-23-22-17(26-19)9-13-5-3-2-4-6-13/h2-6,10H,7-9,11-12H2,1H3,(H,20,23)(H,21,25). The van der Waals surface area contributed by atoms with Crippen molar-refractivity contribution < 1.29 is 4.42 Å². The highest BCUT2D eigenvalue weighted by molar-refractivity contribution is 5.30. The van der Waals surface area contributed by atoms with E-state index in [1.807, 2.05) is 36.4 Å². The summed E-state index contributed by atoms with van der Waals surface area (Å²) in [6, 6.07) is 12.2. The number of nitrogens with zero attached hydrogens (tertiary/aromatic N) is 3. The summed E-state index contributed by atoms with van der Waals surface area (Å²) < 4.78 is 5.63. The molecule has 0 spiro atoms. The lowest BCUT2D eigenvalue weighted by atomic mass is 10.0. The van der Waals surface area contributed by atoms with Crippen molar-refractivity contribution >= 4 is 6.01 Å². The first-order chi connectivity index (χ1) is 12.7. The van der Waals surface area contributed by atoms with E-state index < -0.39 is 0 Å². The molecule has 26 heavy (non-hydrogen) atoms. The molecule has 0 saturated carbocycles. The summed E-state index contributed by atoms with van der Waals surface area (Å²) in [7, 11) is 2.08. The predicted octanol–water partition coefficient (Wildman–Crippen LogP) is 1.95. The minimum absolute atomic E-state index is 0.0650. The Morgan fingerprint density at radius 2 is 2.12 bits per heavy atom. The Balaban J connectivity index is 1.43. The van der Waals surface area contributed by atoms with Crippen molar-refractivity contribution in [3.8, 4) is 0 Å². The van der Waals surface area contributed by atoms with Crippen LogP contribution in [0.15, 0.2) is 45.6 Å². The van der Waals surface area contributed by atoms with Crippen LogP contribution in [0.2, 0.25) is 0 Å².